The smallest absolute Gasteiger partial charge is 0.295 e. The van der Waals surface area contributed by atoms with Gasteiger partial charge in [-0.25, -0.2) is 0 Å². The number of benzene rings is 2. The number of amides is 1. The third kappa shape index (κ3) is 3.22. The zero-order valence-corrected chi connectivity index (χ0v) is 15.9. The quantitative estimate of drug-likeness (QED) is 0.351. The maximum Gasteiger partial charge on any atom is 0.295 e. The standard InChI is InChI=1S/C21H18BrNO3/c1-3-12-23-18(14-6-4-13(2)5-7-14)17(20(25)21(23)26)19(24)15-8-10-16(22)11-9-15/h3-11,18,24H,1,12H2,2H3/b19-17-. The molecule has 3 rings (SSSR count). The molecule has 1 amide bonds. The number of likely N-dealkylation sites (tertiary alicyclic amines) is 1. The summed E-state index contributed by atoms with van der Waals surface area (Å²) in [6.45, 7) is 5.86. The van der Waals surface area contributed by atoms with E-state index in [1.807, 2.05) is 31.2 Å². The van der Waals surface area contributed by atoms with Gasteiger partial charge in [0.25, 0.3) is 11.7 Å². The second-order valence-corrected chi connectivity index (χ2v) is 7.07. The van der Waals surface area contributed by atoms with Gasteiger partial charge in [0.2, 0.25) is 0 Å². The van der Waals surface area contributed by atoms with Crippen LogP contribution in [0.4, 0.5) is 0 Å². The summed E-state index contributed by atoms with van der Waals surface area (Å²) in [5.41, 5.74) is 2.43. The van der Waals surface area contributed by atoms with Crippen LogP contribution in [0.25, 0.3) is 5.76 Å². The lowest BCUT2D eigenvalue weighted by molar-refractivity contribution is -0.139. The first-order valence-electron chi connectivity index (χ1n) is 8.16. The molecule has 0 saturated carbocycles. The topological polar surface area (TPSA) is 57.6 Å². The highest BCUT2D eigenvalue weighted by Gasteiger charge is 2.45. The zero-order valence-electron chi connectivity index (χ0n) is 14.3. The molecule has 1 heterocycles. The molecule has 1 N–H and O–H groups in total. The Morgan fingerprint density at radius 3 is 2.35 bits per heavy atom. The van der Waals surface area contributed by atoms with Crippen molar-refractivity contribution in [3.05, 3.63) is 87.9 Å². The van der Waals surface area contributed by atoms with Crippen molar-refractivity contribution in [3.63, 3.8) is 0 Å². The fraction of sp³-hybridized carbons (Fsp3) is 0.143. The van der Waals surface area contributed by atoms with E-state index in [0.717, 1.165) is 15.6 Å². The van der Waals surface area contributed by atoms with Crippen molar-refractivity contribution >= 4 is 33.4 Å². The van der Waals surface area contributed by atoms with Gasteiger partial charge in [0.15, 0.2) is 0 Å². The summed E-state index contributed by atoms with van der Waals surface area (Å²) in [5, 5.41) is 10.8. The van der Waals surface area contributed by atoms with Crippen LogP contribution in [-0.2, 0) is 9.59 Å². The second kappa shape index (κ2) is 7.30. The number of hydrogen-bond acceptors (Lipinski definition) is 3. The normalized spacial score (nSPS) is 19.0. The Labute approximate surface area is 160 Å². The molecule has 1 aliphatic rings. The van der Waals surface area contributed by atoms with Crippen molar-refractivity contribution < 1.29 is 14.7 Å². The molecule has 1 unspecified atom stereocenters. The van der Waals surface area contributed by atoms with Gasteiger partial charge in [0.1, 0.15) is 5.76 Å². The molecule has 0 radical (unpaired) electrons. The number of aryl methyl sites for hydroxylation is 1. The molecule has 2 aromatic rings. The van der Waals surface area contributed by atoms with Crippen LogP contribution >= 0.6 is 15.9 Å². The largest absolute Gasteiger partial charge is 0.507 e. The number of ketones is 1. The lowest BCUT2D eigenvalue weighted by Gasteiger charge is -2.24. The lowest BCUT2D eigenvalue weighted by Crippen LogP contribution is -2.29. The molecule has 5 heteroatoms. The average Bonchev–Trinajstić information content (AvgIpc) is 2.88. The summed E-state index contributed by atoms with van der Waals surface area (Å²) in [6.07, 6.45) is 1.58. The number of aliphatic hydroxyl groups excluding tert-OH is 1. The first kappa shape index (κ1) is 18.1. The van der Waals surface area contributed by atoms with E-state index in [2.05, 4.69) is 22.5 Å². The van der Waals surface area contributed by atoms with Crippen LogP contribution in [0.2, 0.25) is 0 Å². The van der Waals surface area contributed by atoms with E-state index in [0.29, 0.717) is 5.56 Å². The molecule has 0 spiro atoms. The number of aliphatic hydroxyl groups is 1. The Hall–Kier alpha value is -2.66. The van der Waals surface area contributed by atoms with Gasteiger partial charge in [-0.3, -0.25) is 9.59 Å². The maximum atomic E-state index is 12.7. The van der Waals surface area contributed by atoms with Gasteiger partial charge in [0.05, 0.1) is 11.6 Å². The minimum atomic E-state index is -0.683. The van der Waals surface area contributed by atoms with Crippen LogP contribution in [0, 0.1) is 6.92 Å². The predicted octanol–water partition coefficient (Wildman–Crippen LogP) is 4.37. The van der Waals surface area contributed by atoms with E-state index in [-0.39, 0.29) is 17.9 Å². The molecule has 2 aromatic carbocycles. The Kier molecular flexibility index (Phi) is 5.09. The van der Waals surface area contributed by atoms with Crippen molar-refractivity contribution in [1.82, 2.24) is 4.90 Å². The number of hydrogen-bond donors (Lipinski definition) is 1. The number of halogens is 1. The summed E-state index contributed by atoms with van der Waals surface area (Å²) < 4.78 is 0.858. The lowest BCUT2D eigenvalue weighted by atomic mass is 9.95. The van der Waals surface area contributed by atoms with Crippen LogP contribution in [0.3, 0.4) is 0 Å². The van der Waals surface area contributed by atoms with E-state index in [4.69, 9.17) is 0 Å². The molecule has 1 saturated heterocycles. The fourth-order valence-corrected chi connectivity index (χ4v) is 3.33. The van der Waals surface area contributed by atoms with E-state index in [1.165, 1.54) is 4.90 Å². The third-order valence-corrected chi connectivity index (χ3v) is 4.91. The summed E-state index contributed by atoms with van der Waals surface area (Å²) >= 11 is 3.35. The molecular weight excluding hydrogens is 394 g/mol. The van der Waals surface area contributed by atoms with E-state index < -0.39 is 17.7 Å². The Morgan fingerprint density at radius 1 is 1.15 bits per heavy atom. The summed E-state index contributed by atoms with van der Waals surface area (Å²) in [4.78, 5) is 26.6. The number of nitrogens with zero attached hydrogens (tertiary/aromatic N) is 1. The highest BCUT2D eigenvalue weighted by Crippen LogP contribution is 2.39. The third-order valence-electron chi connectivity index (χ3n) is 4.38. The van der Waals surface area contributed by atoms with Crippen molar-refractivity contribution in [2.75, 3.05) is 6.54 Å². The summed E-state index contributed by atoms with van der Waals surface area (Å²) in [5.74, 6) is -1.49. The fourth-order valence-electron chi connectivity index (χ4n) is 3.07. The van der Waals surface area contributed by atoms with Crippen molar-refractivity contribution in [2.45, 2.75) is 13.0 Å². The Balaban J connectivity index is 2.18. The first-order valence-corrected chi connectivity index (χ1v) is 8.95. The predicted molar refractivity (Wildman–Crippen MR) is 105 cm³/mol. The molecule has 0 bridgehead atoms. The van der Waals surface area contributed by atoms with Gasteiger partial charge in [-0.2, -0.15) is 0 Å². The number of rotatable bonds is 4. The Morgan fingerprint density at radius 2 is 1.77 bits per heavy atom. The maximum absolute atomic E-state index is 12.7. The first-order chi connectivity index (χ1) is 12.4. The molecule has 1 fully saturated rings. The minimum Gasteiger partial charge on any atom is -0.507 e. The van der Waals surface area contributed by atoms with Gasteiger partial charge < -0.3 is 10.0 Å². The molecule has 1 atom stereocenters. The highest BCUT2D eigenvalue weighted by atomic mass is 79.9. The van der Waals surface area contributed by atoms with Crippen LogP contribution in [0.15, 0.2) is 71.2 Å². The highest BCUT2D eigenvalue weighted by molar-refractivity contribution is 9.10. The van der Waals surface area contributed by atoms with Gasteiger partial charge in [0, 0.05) is 16.6 Å². The molecule has 0 aromatic heterocycles. The Bertz CT molecular complexity index is 898. The zero-order chi connectivity index (χ0) is 18.8. The van der Waals surface area contributed by atoms with Crippen molar-refractivity contribution in [2.24, 2.45) is 0 Å². The number of carbonyl (C=O) groups excluding carboxylic acids is 2. The molecule has 1 aliphatic heterocycles. The van der Waals surface area contributed by atoms with Crippen LogP contribution in [0.1, 0.15) is 22.7 Å². The molecule has 4 nitrogen and oxygen atoms in total. The van der Waals surface area contributed by atoms with Gasteiger partial charge >= 0.3 is 0 Å². The van der Waals surface area contributed by atoms with Gasteiger partial charge in [-0.05, 0) is 24.6 Å². The second-order valence-electron chi connectivity index (χ2n) is 6.16. The van der Waals surface area contributed by atoms with Crippen LogP contribution in [0.5, 0.6) is 0 Å². The molecule has 0 aliphatic carbocycles. The SMILES string of the molecule is C=CCN1C(=O)C(=O)/C(=C(\O)c2ccc(Br)cc2)C1c1ccc(C)cc1. The van der Waals surface area contributed by atoms with E-state index in [9.17, 15) is 14.7 Å². The van der Waals surface area contributed by atoms with E-state index in [1.54, 1.807) is 30.3 Å². The average molecular weight is 412 g/mol. The number of Topliss-reactive ketones (excluding diaryl/α,β-unsaturated/α-hetero) is 1. The number of carbonyl (C=O) groups is 2. The van der Waals surface area contributed by atoms with Crippen LogP contribution in [-0.4, -0.2) is 28.2 Å². The van der Waals surface area contributed by atoms with Crippen LogP contribution < -0.4 is 0 Å². The summed E-state index contributed by atoms with van der Waals surface area (Å²) in [6, 6.07) is 13.9. The van der Waals surface area contributed by atoms with Crippen molar-refractivity contribution in [1.29, 1.82) is 0 Å². The van der Waals surface area contributed by atoms with Gasteiger partial charge in [-0.15, -0.1) is 6.58 Å². The molecular formula is C21H18BrNO3. The monoisotopic (exact) mass is 411 g/mol. The van der Waals surface area contributed by atoms with E-state index >= 15 is 0 Å². The van der Waals surface area contributed by atoms with Crippen molar-refractivity contribution in [3.8, 4) is 0 Å². The molecule has 132 valence electrons. The summed E-state index contributed by atoms with van der Waals surface area (Å²) in [7, 11) is 0. The minimum absolute atomic E-state index is 0.100. The van der Waals surface area contributed by atoms with Gasteiger partial charge in [-0.1, -0.05) is 64.0 Å². The molecule has 26 heavy (non-hydrogen) atoms.